The number of likely N-dealkylation sites (tertiary alicyclic amines) is 1. The molecule has 136 valence electrons. The number of rotatable bonds is 3. The second kappa shape index (κ2) is 10.6. The molecule has 2 amide bonds. The van der Waals surface area contributed by atoms with Crippen LogP contribution in [-0.2, 0) is 4.74 Å². The summed E-state index contributed by atoms with van der Waals surface area (Å²) in [5, 5.41) is 0. The molecule has 2 saturated heterocycles. The second-order valence-electron chi connectivity index (χ2n) is 5.72. The Labute approximate surface area is 155 Å². The minimum Gasteiger partial charge on any atom is -0.490 e. The Kier molecular flexibility index (Phi) is 9.18. The second-order valence-corrected chi connectivity index (χ2v) is 5.72. The average Bonchev–Trinajstić information content (AvgIpc) is 2.61. The highest BCUT2D eigenvalue weighted by atomic mass is 35.5. The van der Waals surface area contributed by atoms with E-state index in [1.807, 2.05) is 21.9 Å². The normalized spacial score (nSPS) is 20.6. The highest BCUT2D eigenvalue weighted by molar-refractivity contribution is 5.85. The third-order valence-corrected chi connectivity index (χ3v) is 4.23. The van der Waals surface area contributed by atoms with Gasteiger partial charge in [-0.25, -0.2) is 4.79 Å². The molecule has 0 radical (unpaired) electrons. The summed E-state index contributed by atoms with van der Waals surface area (Å²) in [7, 11) is 0. The molecule has 2 aliphatic rings. The summed E-state index contributed by atoms with van der Waals surface area (Å²) in [5.74, 6) is 0.756. The zero-order chi connectivity index (χ0) is 15.2. The summed E-state index contributed by atoms with van der Waals surface area (Å²) >= 11 is 0. The van der Waals surface area contributed by atoms with Gasteiger partial charge >= 0.3 is 6.03 Å². The van der Waals surface area contributed by atoms with Crippen LogP contribution in [0.1, 0.15) is 19.3 Å². The van der Waals surface area contributed by atoms with E-state index in [9.17, 15) is 4.79 Å². The van der Waals surface area contributed by atoms with Gasteiger partial charge in [0.2, 0.25) is 0 Å². The van der Waals surface area contributed by atoms with E-state index in [-0.39, 0.29) is 36.9 Å². The lowest BCUT2D eigenvalue weighted by atomic mass is 10.0. The van der Waals surface area contributed by atoms with Gasteiger partial charge in [0.1, 0.15) is 12.4 Å². The Morgan fingerprint density at radius 1 is 1.25 bits per heavy atom. The molecule has 0 aromatic carbocycles. The molecule has 0 saturated carbocycles. The maximum Gasteiger partial charge on any atom is 0.320 e. The quantitative estimate of drug-likeness (QED) is 0.812. The van der Waals surface area contributed by atoms with Gasteiger partial charge in [0.15, 0.2) is 0 Å². The van der Waals surface area contributed by atoms with Crippen molar-refractivity contribution in [1.82, 2.24) is 14.8 Å². The van der Waals surface area contributed by atoms with Crippen molar-refractivity contribution < 1.29 is 14.3 Å². The number of pyridine rings is 1. The summed E-state index contributed by atoms with van der Waals surface area (Å²) in [6, 6.07) is 4.02. The number of piperidine rings is 1. The number of urea groups is 1. The predicted octanol–water partition coefficient (Wildman–Crippen LogP) is 2.61. The number of morpholine rings is 1. The first-order chi connectivity index (χ1) is 10.8. The first-order valence-corrected chi connectivity index (χ1v) is 8.01. The van der Waals surface area contributed by atoms with Gasteiger partial charge in [-0.2, -0.15) is 0 Å². The monoisotopic (exact) mass is 377 g/mol. The highest BCUT2D eigenvalue weighted by Gasteiger charge is 2.31. The number of nitrogens with zero attached hydrogens (tertiary/aromatic N) is 3. The van der Waals surface area contributed by atoms with Gasteiger partial charge in [-0.15, -0.1) is 24.8 Å². The van der Waals surface area contributed by atoms with E-state index in [0.717, 1.165) is 31.6 Å². The van der Waals surface area contributed by atoms with Crippen LogP contribution in [0.15, 0.2) is 24.5 Å². The van der Waals surface area contributed by atoms with Gasteiger partial charge in [-0.1, -0.05) is 0 Å². The smallest absolute Gasteiger partial charge is 0.320 e. The van der Waals surface area contributed by atoms with Gasteiger partial charge in [-0.05, 0) is 31.4 Å². The van der Waals surface area contributed by atoms with E-state index < -0.39 is 0 Å². The molecule has 0 spiro atoms. The number of amides is 2. The SMILES string of the molecule is Cl.Cl.O=C(N1CCOCC1)N1CCCCC1COc1cccnc1. The van der Waals surface area contributed by atoms with Gasteiger partial charge in [0, 0.05) is 25.8 Å². The summed E-state index contributed by atoms with van der Waals surface area (Å²) in [4.78, 5) is 20.6. The number of carbonyl (C=O) groups is 1. The Hall–Kier alpha value is -1.24. The largest absolute Gasteiger partial charge is 0.490 e. The summed E-state index contributed by atoms with van der Waals surface area (Å²) in [6.45, 7) is 3.99. The zero-order valence-corrected chi connectivity index (χ0v) is 15.3. The number of halogens is 2. The molecule has 1 aromatic heterocycles. The Bertz CT molecular complexity index is 487. The van der Waals surface area contributed by atoms with Crippen molar-refractivity contribution in [2.75, 3.05) is 39.5 Å². The molecule has 3 rings (SSSR count). The van der Waals surface area contributed by atoms with Crippen LogP contribution in [0.4, 0.5) is 4.79 Å². The molecule has 0 aliphatic carbocycles. The minimum atomic E-state index is 0. The lowest BCUT2D eigenvalue weighted by Crippen LogP contribution is -2.54. The molecular formula is C16H25Cl2N3O3. The molecule has 2 aliphatic heterocycles. The van der Waals surface area contributed by atoms with Crippen molar-refractivity contribution >= 4 is 30.8 Å². The summed E-state index contributed by atoms with van der Waals surface area (Å²) in [6.07, 6.45) is 6.64. The fourth-order valence-corrected chi connectivity index (χ4v) is 2.99. The van der Waals surface area contributed by atoms with Crippen molar-refractivity contribution in [1.29, 1.82) is 0 Å². The van der Waals surface area contributed by atoms with Crippen LogP contribution in [-0.4, -0.2) is 66.3 Å². The first kappa shape index (κ1) is 20.8. The number of ether oxygens (including phenoxy) is 2. The maximum atomic E-state index is 12.7. The molecule has 24 heavy (non-hydrogen) atoms. The molecule has 1 unspecified atom stereocenters. The third-order valence-electron chi connectivity index (χ3n) is 4.23. The van der Waals surface area contributed by atoms with E-state index in [1.165, 1.54) is 0 Å². The van der Waals surface area contributed by atoms with Crippen molar-refractivity contribution in [2.45, 2.75) is 25.3 Å². The fraction of sp³-hybridized carbons (Fsp3) is 0.625. The van der Waals surface area contributed by atoms with Gasteiger partial charge < -0.3 is 19.3 Å². The van der Waals surface area contributed by atoms with E-state index in [1.54, 1.807) is 12.4 Å². The van der Waals surface area contributed by atoms with E-state index in [0.29, 0.717) is 32.9 Å². The highest BCUT2D eigenvalue weighted by Crippen LogP contribution is 2.20. The van der Waals surface area contributed by atoms with E-state index >= 15 is 0 Å². The molecule has 1 atom stereocenters. The lowest BCUT2D eigenvalue weighted by Gasteiger charge is -2.39. The van der Waals surface area contributed by atoms with Gasteiger partial charge in [-0.3, -0.25) is 4.98 Å². The standard InChI is InChI=1S/C16H23N3O3.2ClH/c20-16(18-8-10-21-11-9-18)19-7-2-1-4-14(19)13-22-15-5-3-6-17-12-15;;/h3,5-6,12,14H,1-2,4,7-11,13H2;2*1H. The van der Waals surface area contributed by atoms with Gasteiger partial charge in [0.05, 0.1) is 25.5 Å². The predicted molar refractivity (Wildman–Crippen MR) is 96.4 cm³/mol. The van der Waals surface area contributed by atoms with Crippen LogP contribution in [0.3, 0.4) is 0 Å². The fourth-order valence-electron chi connectivity index (χ4n) is 2.99. The van der Waals surface area contributed by atoms with Crippen LogP contribution in [0.5, 0.6) is 5.75 Å². The molecule has 8 heteroatoms. The molecular weight excluding hydrogens is 353 g/mol. The van der Waals surface area contributed by atoms with Crippen molar-refractivity contribution in [3.63, 3.8) is 0 Å². The zero-order valence-electron chi connectivity index (χ0n) is 13.6. The Balaban J connectivity index is 0.00000144. The number of aromatic nitrogens is 1. The molecule has 6 nitrogen and oxygen atoms in total. The first-order valence-electron chi connectivity index (χ1n) is 8.01. The average molecular weight is 378 g/mol. The Morgan fingerprint density at radius 3 is 2.75 bits per heavy atom. The van der Waals surface area contributed by atoms with Crippen molar-refractivity contribution in [3.05, 3.63) is 24.5 Å². The Morgan fingerprint density at radius 2 is 2.04 bits per heavy atom. The lowest BCUT2D eigenvalue weighted by molar-refractivity contribution is 0.0312. The summed E-state index contributed by atoms with van der Waals surface area (Å²) < 4.78 is 11.1. The summed E-state index contributed by atoms with van der Waals surface area (Å²) in [5.41, 5.74) is 0. The molecule has 1 aromatic rings. The van der Waals surface area contributed by atoms with E-state index in [2.05, 4.69) is 4.98 Å². The molecule has 3 heterocycles. The van der Waals surface area contributed by atoms with Crippen LogP contribution < -0.4 is 4.74 Å². The molecule has 2 fully saturated rings. The van der Waals surface area contributed by atoms with Crippen LogP contribution >= 0.6 is 24.8 Å². The maximum absolute atomic E-state index is 12.7. The van der Waals surface area contributed by atoms with E-state index in [4.69, 9.17) is 9.47 Å². The number of carbonyl (C=O) groups excluding carboxylic acids is 1. The van der Waals surface area contributed by atoms with Crippen LogP contribution in [0, 0.1) is 0 Å². The number of hydrogen-bond donors (Lipinski definition) is 0. The van der Waals surface area contributed by atoms with Crippen LogP contribution in [0.2, 0.25) is 0 Å². The third kappa shape index (κ3) is 5.40. The topological polar surface area (TPSA) is 54.9 Å². The molecule has 0 bridgehead atoms. The van der Waals surface area contributed by atoms with Gasteiger partial charge in [0.25, 0.3) is 0 Å². The number of hydrogen-bond acceptors (Lipinski definition) is 4. The van der Waals surface area contributed by atoms with Crippen molar-refractivity contribution in [2.24, 2.45) is 0 Å². The minimum absolute atomic E-state index is 0. The van der Waals surface area contributed by atoms with Crippen LogP contribution in [0.25, 0.3) is 0 Å². The molecule has 0 N–H and O–H groups in total. The van der Waals surface area contributed by atoms with Crippen molar-refractivity contribution in [3.8, 4) is 5.75 Å².